The van der Waals surface area contributed by atoms with Crippen LogP contribution < -0.4 is 10.6 Å². The third-order valence-corrected chi connectivity index (χ3v) is 4.11. The second kappa shape index (κ2) is 14.7. The van der Waals surface area contributed by atoms with Gasteiger partial charge in [0, 0.05) is 18.9 Å². The topological polar surface area (TPSA) is 93.7 Å². The van der Waals surface area contributed by atoms with Gasteiger partial charge in [0.1, 0.15) is 11.6 Å². The van der Waals surface area contributed by atoms with Crippen molar-refractivity contribution in [1.82, 2.24) is 10.6 Å². The Morgan fingerprint density at radius 3 is 2.20 bits per heavy atom. The molecule has 0 fully saturated rings. The highest BCUT2D eigenvalue weighted by molar-refractivity contribution is 7.59. The van der Waals surface area contributed by atoms with Crippen molar-refractivity contribution < 1.29 is 23.9 Å². The molecule has 7 nitrogen and oxygen atoms in total. The van der Waals surface area contributed by atoms with Crippen LogP contribution in [0.15, 0.2) is 30.3 Å². The van der Waals surface area contributed by atoms with E-state index in [0.29, 0.717) is 25.8 Å². The second-order valence-corrected chi connectivity index (χ2v) is 7.60. The number of benzene rings is 1. The van der Waals surface area contributed by atoms with Crippen molar-refractivity contribution in [1.29, 1.82) is 0 Å². The van der Waals surface area contributed by atoms with Crippen LogP contribution in [0.2, 0.25) is 0 Å². The van der Waals surface area contributed by atoms with E-state index in [1.165, 1.54) is 7.11 Å². The van der Waals surface area contributed by atoms with Crippen LogP contribution in [0.3, 0.4) is 0 Å². The molecule has 0 aromatic heterocycles. The Morgan fingerprint density at radius 2 is 1.70 bits per heavy atom. The minimum atomic E-state index is -0.757. The Balaban J connectivity index is 0. The Bertz CT molecular complexity index is 647. The molecule has 0 spiro atoms. The molecule has 0 heterocycles. The number of esters is 1. The van der Waals surface area contributed by atoms with E-state index in [9.17, 15) is 14.4 Å². The molecule has 30 heavy (non-hydrogen) atoms. The lowest BCUT2D eigenvalue weighted by atomic mass is 9.99. The smallest absolute Gasteiger partial charge is 0.407 e. The average Bonchev–Trinajstić information content (AvgIpc) is 2.63. The summed E-state index contributed by atoms with van der Waals surface area (Å²) in [6.07, 6.45) is 0.868. The monoisotopic (exact) mass is 442 g/mol. The van der Waals surface area contributed by atoms with Gasteiger partial charge in [0.05, 0.1) is 7.11 Å². The van der Waals surface area contributed by atoms with Gasteiger partial charge in [-0.1, -0.05) is 44.7 Å². The molecule has 2 N–H and O–H groups in total. The number of rotatable bonds is 9. The highest BCUT2D eigenvalue weighted by atomic mass is 32.1. The summed E-state index contributed by atoms with van der Waals surface area (Å²) < 4.78 is 10.0. The zero-order chi connectivity index (χ0) is 21.2. The van der Waals surface area contributed by atoms with Gasteiger partial charge in [-0.25, -0.2) is 9.59 Å². The molecule has 1 aromatic carbocycles. The lowest BCUT2D eigenvalue weighted by Gasteiger charge is -2.22. The molecule has 0 unspecified atom stereocenters. The summed E-state index contributed by atoms with van der Waals surface area (Å²) in [6.45, 7) is 7.56. The number of hydrogen-bond acceptors (Lipinski definition) is 5. The average molecular weight is 443 g/mol. The van der Waals surface area contributed by atoms with Gasteiger partial charge < -0.3 is 20.1 Å². The van der Waals surface area contributed by atoms with E-state index in [0.717, 1.165) is 5.56 Å². The molecule has 1 rings (SSSR count). The van der Waals surface area contributed by atoms with Crippen LogP contribution in [0.4, 0.5) is 4.79 Å². The number of nitrogens with one attached hydrogen (secondary N) is 2. The highest BCUT2D eigenvalue weighted by Crippen LogP contribution is 2.11. The molecule has 0 saturated carbocycles. The number of alkyl carbamates (subject to hydrolysis) is 1. The fourth-order valence-electron chi connectivity index (χ4n) is 2.66. The van der Waals surface area contributed by atoms with Crippen molar-refractivity contribution in [2.24, 2.45) is 5.92 Å². The van der Waals surface area contributed by atoms with Crippen molar-refractivity contribution in [3.8, 4) is 0 Å². The van der Waals surface area contributed by atoms with Crippen LogP contribution in [0, 0.1) is 5.92 Å². The second-order valence-electron chi connectivity index (χ2n) is 7.60. The fraction of sp³-hybridized carbons (Fsp3) is 0.591. The maximum absolute atomic E-state index is 12.6. The number of ether oxygens (including phenoxy) is 2. The third-order valence-electron chi connectivity index (χ3n) is 4.11. The van der Waals surface area contributed by atoms with E-state index < -0.39 is 23.7 Å². The SMILES string of the molecule is C.CC[C@H](CCNC(=O)OC(C)(C)C)C(=O)N[C@@H](Cc1ccccc1)C(=O)OC.S. The van der Waals surface area contributed by atoms with Crippen LogP contribution in [0.1, 0.15) is 53.5 Å². The van der Waals surface area contributed by atoms with Crippen molar-refractivity contribution in [3.05, 3.63) is 35.9 Å². The van der Waals surface area contributed by atoms with Crippen LogP contribution in [0.5, 0.6) is 0 Å². The summed E-state index contributed by atoms with van der Waals surface area (Å²) in [6, 6.07) is 8.67. The predicted molar refractivity (Wildman–Crippen MR) is 124 cm³/mol. The summed E-state index contributed by atoms with van der Waals surface area (Å²) in [5.74, 6) is -1.06. The Morgan fingerprint density at radius 1 is 1.10 bits per heavy atom. The van der Waals surface area contributed by atoms with Gasteiger partial charge in [0.25, 0.3) is 0 Å². The maximum Gasteiger partial charge on any atom is 0.407 e. The van der Waals surface area contributed by atoms with Crippen LogP contribution in [-0.4, -0.2) is 43.3 Å². The van der Waals surface area contributed by atoms with Gasteiger partial charge in [-0.2, -0.15) is 13.5 Å². The molecule has 0 aliphatic rings. The summed E-state index contributed by atoms with van der Waals surface area (Å²) in [5.41, 5.74) is 0.356. The van der Waals surface area contributed by atoms with E-state index >= 15 is 0 Å². The molecular weight excluding hydrogens is 404 g/mol. The first-order valence-corrected chi connectivity index (χ1v) is 9.55. The lowest BCUT2D eigenvalue weighted by Crippen LogP contribution is -2.46. The van der Waals surface area contributed by atoms with Crippen LogP contribution >= 0.6 is 13.5 Å². The number of carbonyl (C=O) groups is 3. The van der Waals surface area contributed by atoms with Crippen LogP contribution in [-0.2, 0) is 25.5 Å². The largest absolute Gasteiger partial charge is 0.467 e. The van der Waals surface area contributed by atoms with Gasteiger partial charge in [-0.05, 0) is 39.2 Å². The zero-order valence-corrected chi connectivity index (χ0v) is 18.9. The molecule has 1 aromatic rings. The summed E-state index contributed by atoms with van der Waals surface area (Å²) in [7, 11) is 1.30. The molecule has 0 bridgehead atoms. The molecule has 8 heteroatoms. The Kier molecular flexibility index (Phi) is 14.7. The first-order chi connectivity index (χ1) is 13.2. The van der Waals surface area contributed by atoms with Gasteiger partial charge in [0.2, 0.25) is 5.91 Å². The minimum absolute atomic E-state index is 0. The minimum Gasteiger partial charge on any atom is -0.467 e. The van der Waals surface area contributed by atoms with Crippen molar-refractivity contribution in [3.63, 3.8) is 0 Å². The molecule has 172 valence electrons. The number of hydrogen-bond donors (Lipinski definition) is 2. The summed E-state index contributed by atoms with van der Waals surface area (Å²) in [5, 5.41) is 5.44. The van der Waals surface area contributed by atoms with Crippen molar-refractivity contribution >= 4 is 31.5 Å². The fourth-order valence-corrected chi connectivity index (χ4v) is 2.66. The summed E-state index contributed by atoms with van der Waals surface area (Å²) >= 11 is 0. The van der Waals surface area contributed by atoms with Crippen molar-refractivity contribution in [2.45, 2.75) is 66.0 Å². The molecule has 0 aliphatic heterocycles. The maximum atomic E-state index is 12.6. The first kappa shape index (κ1) is 30.0. The van der Waals surface area contributed by atoms with E-state index in [-0.39, 0.29) is 32.7 Å². The molecule has 0 radical (unpaired) electrons. The number of amides is 2. The zero-order valence-electron chi connectivity index (χ0n) is 17.9. The molecule has 0 saturated heterocycles. The number of methoxy groups -OCH3 is 1. The first-order valence-electron chi connectivity index (χ1n) is 9.55. The predicted octanol–water partition coefficient (Wildman–Crippen LogP) is 3.58. The summed E-state index contributed by atoms with van der Waals surface area (Å²) in [4.78, 5) is 36.4. The quantitative estimate of drug-likeness (QED) is 0.570. The third kappa shape index (κ3) is 11.7. The van der Waals surface area contributed by atoms with Gasteiger partial charge in [-0.3, -0.25) is 4.79 Å². The van der Waals surface area contributed by atoms with Gasteiger partial charge in [-0.15, -0.1) is 0 Å². The highest BCUT2D eigenvalue weighted by Gasteiger charge is 2.26. The van der Waals surface area contributed by atoms with Crippen molar-refractivity contribution in [2.75, 3.05) is 13.7 Å². The van der Waals surface area contributed by atoms with Gasteiger partial charge >= 0.3 is 12.1 Å². The standard InChI is InChI=1S/C21H32N2O5.CH4.H2S/c1-6-16(12-13-22-20(26)28-21(2,3)4)18(24)23-17(19(25)27-5)14-15-10-8-7-9-11-15;;/h7-11,16-17H,6,12-14H2,1-5H3,(H,22,26)(H,23,24);1H4;1H2/t16-,17+;;/m1../s1. The van der Waals surface area contributed by atoms with Crippen LogP contribution in [0.25, 0.3) is 0 Å². The van der Waals surface area contributed by atoms with E-state index in [2.05, 4.69) is 10.6 Å². The molecular formula is C22H38N2O5S. The normalized spacial score (nSPS) is 12.3. The van der Waals surface area contributed by atoms with E-state index in [1.807, 2.05) is 37.3 Å². The van der Waals surface area contributed by atoms with E-state index in [1.54, 1.807) is 20.8 Å². The Labute approximate surface area is 187 Å². The van der Waals surface area contributed by atoms with E-state index in [4.69, 9.17) is 9.47 Å². The lowest BCUT2D eigenvalue weighted by molar-refractivity contribution is -0.145. The van der Waals surface area contributed by atoms with Gasteiger partial charge in [0.15, 0.2) is 0 Å². The Hall–Kier alpha value is -2.22. The number of carbonyl (C=O) groups excluding carboxylic acids is 3. The molecule has 0 aliphatic carbocycles. The molecule has 2 amide bonds. The molecule has 2 atom stereocenters.